The largest absolute Gasteiger partial charge is 0.393 e. The van der Waals surface area contributed by atoms with Crippen molar-refractivity contribution < 1.29 is 5.11 Å². The Kier molecular flexibility index (Phi) is 2.66. The van der Waals surface area contributed by atoms with E-state index >= 15 is 0 Å². The van der Waals surface area contributed by atoms with Crippen molar-refractivity contribution in [3.8, 4) is 0 Å². The molecular formula is C10H19NO. The lowest BCUT2D eigenvalue weighted by molar-refractivity contribution is 0.113. The second-order valence-corrected chi connectivity index (χ2v) is 4.35. The molecule has 1 saturated heterocycles. The summed E-state index contributed by atoms with van der Waals surface area (Å²) in [6.45, 7) is 2.31. The summed E-state index contributed by atoms with van der Waals surface area (Å²) < 4.78 is 0. The van der Waals surface area contributed by atoms with Gasteiger partial charge >= 0.3 is 0 Å². The van der Waals surface area contributed by atoms with Crippen LogP contribution < -0.4 is 5.32 Å². The number of hydrogen-bond donors (Lipinski definition) is 2. The standard InChI is InChI=1S/C10H19NO/c12-10(9-3-4-9)6-8-2-1-5-11-7-8/h8-12H,1-7H2. The van der Waals surface area contributed by atoms with Crippen molar-refractivity contribution in [2.45, 2.75) is 38.2 Å². The highest BCUT2D eigenvalue weighted by Crippen LogP contribution is 2.35. The van der Waals surface area contributed by atoms with Gasteiger partial charge in [-0.3, -0.25) is 0 Å². The van der Waals surface area contributed by atoms with Gasteiger partial charge in [0.1, 0.15) is 0 Å². The number of aliphatic hydroxyl groups is 1. The molecule has 0 aromatic heterocycles. The molecule has 0 spiro atoms. The zero-order valence-corrected chi connectivity index (χ0v) is 7.63. The SMILES string of the molecule is OC(CC1CCCNC1)C1CC1. The van der Waals surface area contributed by atoms with Crippen LogP contribution in [0.1, 0.15) is 32.1 Å². The lowest BCUT2D eigenvalue weighted by Crippen LogP contribution is -2.32. The fraction of sp³-hybridized carbons (Fsp3) is 1.00. The summed E-state index contributed by atoms with van der Waals surface area (Å²) in [7, 11) is 0. The highest BCUT2D eigenvalue weighted by molar-refractivity contribution is 4.83. The van der Waals surface area contributed by atoms with Gasteiger partial charge < -0.3 is 10.4 Å². The van der Waals surface area contributed by atoms with Gasteiger partial charge in [-0.2, -0.15) is 0 Å². The highest BCUT2D eigenvalue weighted by atomic mass is 16.3. The molecule has 1 saturated carbocycles. The Labute approximate surface area is 74.4 Å². The normalized spacial score (nSPS) is 33.2. The molecule has 2 unspecified atom stereocenters. The average molecular weight is 169 g/mol. The number of rotatable bonds is 3. The van der Waals surface area contributed by atoms with Gasteiger partial charge in [0, 0.05) is 0 Å². The first-order valence-electron chi connectivity index (χ1n) is 5.25. The molecule has 2 atom stereocenters. The predicted octanol–water partition coefficient (Wildman–Crippen LogP) is 1.15. The fourth-order valence-electron chi connectivity index (χ4n) is 2.14. The first kappa shape index (κ1) is 8.52. The Bertz CT molecular complexity index is 139. The van der Waals surface area contributed by atoms with Crippen LogP contribution in [0.5, 0.6) is 0 Å². The van der Waals surface area contributed by atoms with Gasteiger partial charge in [0.15, 0.2) is 0 Å². The van der Waals surface area contributed by atoms with E-state index in [0.717, 1.165) is 18.9 Å². The van der Waals surface area contributed by atoms with Crippen LogP contribution >= 0.6 is 0 Å². The molecule has 70 valence electrons. The quantitative estimate of drug-likeness (QED) is 0.664. The van der Waals surface area contributed by atoms with Crippen molar-refractivity contribution in [3.05, 3.63) is 0 Å². The van der Waals surface area contributed by atoms with E-state index in [4.69, 9.17) is 0 Å². The van der Waals surface area contributed by atoms with E-state index < -0.39 is 0 Å². The van der Waals surface area contributed by atoms with Crippen LogP contribution in [-0.2, 0) is 0 Å². The molecule has 2 rings (SSSR count). The van der Waals surface area contributed by atoms with Crippen LogP contribution in [0, 0.1) is 11.8 Å². The summed E-state index contributed by atoms with van der Waals surface area (Å²) in [5, 5.41) is 13.1. The van der Waals surface area contributed by atoms with Crippen molar-refractivity contribution in [3.63, 3.8) is 0 Å². The van der Waals surface area contributed by atoms with Crippen molar-refractivity contribution in [2.24, 2.45) is 11.8 Å². The molecule has 1 heterocycles. The summed E-state index contributed by atoms with van der Waals surface area (Å²) in [5.41, 5.74) is 0. The average Bonchev–Trinajstić information content (AvgIpc) is 2.88. The molecule has 0 aromatic carbocycles. The first-order valence-corrected chi connectivity index (χ1v) is 5.25. The van der Waals surface area contributed by atoms with Gasteiger partial charge in [-0.25, -0.2) is 0 Å². The van der Waals surface area contributed by atoms with E-state index in [1.54, 1.807) is 0 Å². The third-order valence-corrected chi connectivity index (χ3v) is 3.14. The van der Waals surface area contributed by atoms with Gasteiger partial charge in [0.05, 0.1) is 6.10 Å². The fourth-order valence-corrected chi connectivity index (χ4v) is 2.14. The molecule has 1 aliphatic heterocycles. The molecule has 0 bridgehead atoms. The Morgan fingerprint density at radius 1 is 1.33 bits per heavy atom. The molecular weight excluding hydrogens is 150 g/mol. The highest BCUT2D eigenvalue weighted by Gasteiger charge is 2.31. The van der Waals surface area contributed by atoms with Crippen molar-refractivity contribution >= 4 is 0 Å². The number of hydrogen-bond acceptors (Lipinski definition) is 2. The summed E-state index contributed by atoms with van der Waals surface area (Å²) in [6, 6.07) is 0. The van der Waals surface area contributed by atoms with Crippen LogP contribution in [0.3, 0.4) is 0 Å². The molecule has 2 aliphatic rings. The minimum atomic E-state index is 0.00917. The molecule has 12 heavy (non-hydrogen) atoms. The maximum absolute atomic E-state index is 9.71. The van der Waals surface area contributed by atoms with Crippen LogP contribution in [0.4, 0.5) is 0 Å². The molecule has 0 radical (unpaired) electrons. The monoisotopic (exact) mass is 169 g/mol. The van der Waals surface area contributed by atoms with E-state index in [1.165, 1.54) is 32.2 Å². The Morgan fingerprint density at radius 2 is 2.17 bits per heavy atom. The van der Waals surface area contributed by atoms with Crippen LogP contribution in [0.2, 0.25) is 0 Å². The van der Waals surface area contributed by atoms with Crippen molar-refractivity contribution in [2.75, 3.05) is 13.1 Å². The molecule has 1 aliphatic carbocycles. The molecule has 2 N–H and O–H groups in total. The van der Waals surface area contributed by atoms with E-state index in [-0.39, 0.29) is 6.10 Å². The number of aliphatic hydroxyl groups excluding tert-OH is 1. The summed E-state index contributed by atoms with van der Waals surface area (Å²) >= 11 is 0. The summed E-state index contributed by atoms with van der Waals surface area (Å²) in [5.74, 6) is 1.40. The van der Waals surface area contributed by atoms with Crippen LogP contribution in [0.25, 0.3) is 0 Å². The zero-order chi connectivity index (χ0) is 8.39. The third kappa shape index (κ3) is 2.20. The minimum Gasteiger partial charge on any atom is -0.393 e. The van der Waals surface area contributed by atoms with Gasteiger partial charge in [-0.15, -0.1) is 0 Å². The Balaban J connectivity index is 1.69. The number of nitrogens with one attached hydrogen (secondary N) is 1. The van der Waals surface area contributed by atoms with E-state index in [1.807, 2.05) is 0 Å². The van der Waals surface area contributed by atoms with Gasteiger partial charge in [0.2, 0.25) is 0 Å². The maximum Gasteiger partial charge on any atom is 0.0571 e. The predicted molar refractivity (Wildman–Crippen MR) is 48.9 cm³/mol. The van der Waals surface area contributed by atoms with Crippen molar-refractivity contribution in [1.29, 1.82) is 0 Å². The lowest BCUT2D eigenvalue weighted by Gasteiger charge is -2.24. The second kappa shape index (κ2) is 3.75. The molecule has 2 heteroatoms. The van der Waals surface area contributed by atoms with Crippen LogP contribution in [0.15, 0.2) is 0 Å². The third-order valence-electron chi connectivity index (χ3n) is 3.14. The van der Waals surface area contributed by atoms with Gasteiger partial charge in [-0.1, -0.05) is 0 Å². The smallest absolute Gasteiger partial charge is 0.0571 e. The molecule has 0 aromatic rings. The number of piperidine rings is 1. The molecule has 2 fully saturated rings. The topological polar surface area (TPSA) is 32.3 Å². The molecule has 0 amide bonds. The maximum atomic E-state index is 9.71. The van der Waals surface area contributed by atoms with E-state index in [9.17, 15) is 5.11 Å². The summed E-state index contributed by atoms with van der Waals surface area (Å²) in [4.78, 5) is 0. The lowest BCUT2D eigenvalue weighted by atomic mass is 9.92. The zero-order valence-electron chi connectivity index (χ0n) is 7.63. The molecule has 2 nitrogen and oxygen atoms in total. The van der Waals surface area contributed by atoms with E-state index in [2.05, 4.69) is 5.32 Å². The van der Waals surface area contributed by atoms with Gasteiger partial charge in [-0.05, 0) is 57.0 Å². The van der Waals surface area contributed by atoms with Crippen molar-refractivity contribution in [1.82, 2.24) is 5.32 Å². The summed E-state index contributed by atoms with van der Waals surface area (Å²) in [6.07, 6.45) is 6.19. The second-order valence-electron chi connectivity index (χ2n) is 4.35. The van der Waals surface area contributed by atoms with Gasteiger partial charge in [0.25, 0.3) is 0 Å². The minimum absolute atomic E-state index is 0.00917. The first-order chi connectivity index (χ1) is 5.86. The Morgan fingerprint density at radius 3 is 2.75 bits per heavy atom. The van der Waals surface area contributed by atoms with E-state index in [0.29, 0.717) is 5.92 Å². The van der Waals surface area contributed by atoms with Crippen LogP contribution in [-0.4, -0.2) is 24.3 Å². The Hall–Kier alpha value is -0.0800.